The molecule has 1 aliphatic heterocycles. The first-order valence-electron chi connectivity index (χ1n) is 8.54. The fraction of sp³-hybridized carbons (Fsp3) is 0.211. The van der Waals surface area contributed by atoms with Crippen molar-refractivity contribution in [1.29, 1.82) is 0 Å². The quantitative estimate of drug-likeness (QED) is 0.704. The number of hydrogen-bond donors (Lipinski definition) is 2. The molecule has 2 aromatic carbocycles. The Kier molecular flexibility index (Phi) is 5.05. The number of carbonyl (C=O) groups is 1. The first-order chi connectivity index (χ1) is 13.1. The summed E-state index contributed by atoms with van der Waals surface area (Å²) < 4.78 is 1.82. The molecular weight excluding hydrogens is 382 g/mol. The second-order valence-corrected chi connectivity index (χ2v) is 7.81. The van der Waals surface area contributed by atoms with Crippen molar-refractivity contribution in [3.8, 4) is 0 Å². The lowest BCUT2D eigenvalue weighted by Gasteiger charge is -2.32. The summed E-state index contributed by atoms with van der Waals surface area (Å²) in [7, 11) is 0. The first-order valence-corrected chi connectivity index (χ1v) is 9.80. The Hall–Kier alpha value is -2.51. The van der Waals surface area contributed by atoms with Crippen molar-refractivity contribution in [1.82, 2.24) is 20.2 Å². The number of hydrogen-bond acceptors (Lipinski definition) is 5. The van der Waals surface area contributed by atoms with E-state index in [1.807, 2.05) is 66.2 Å². The molecule has 0 spiro atoms. The van der Waals surface area contributed by atoms with Crippen LogP contribution in [0.5, 0.6) is 0 Å². The summed E-state index contributed by atoms with van der Waals surface area (Å²) in [5.41, 5.74) is 5.41. The Morgan fingerprint density at radius 1 is 1.19 bits per heavy atom. The number of nitrogens with zero attached hydrogens (tertiary/aromatic N) is 3. The standard InChI is InChI=1S/C19H18ClN5OS/c1-12-22-23-19-25(12)24-16(14-7-9-15(20)10-8-14)17(27-19)18(26)21-11-13-5-3-2-4-6-13/h2-10,16-17,24H,11H2,1H3,(H,21,26)/t16-,17+/m1/s1. The molecule has 0 radical (unpaired) electrons. The third-order valence-corrected chi connectivity index (χ3v) is 5.86. The zero-order valence-corrected chi connectivity index (χ0v) is 16.2. The average Bonchev–Trinajstić information content (AvgIpc) is 3.07. The van der Waals surface area contributed by atoms with Crippen LogP contribution >= 0.6 is 23.4 Å². The summed E-state index contributed by atoms with van der Waals surface area (Å²) in [4.78, 5) is 13.0. The molecule has 0 saturated carbocycles. The molecule has 6 nitrogen and oxygen atoms in total. The summed E-state index contributed by atoms with van der Waals surface area (Å²) >= 11 is 7.44. The van der Waals surface area contributed by atoms with E-state index in [1.54, 1.807) is 0 Å². The van der Waals surface area contributed by atoms with Gasteiger partial charge in [0.05, 0.1) is 6.04 Å². The van der Waals surface area contributed by atoms with Crippen molar-refractivity contribution in [2.45, 2.75) is 29.9 Å². The van der Waals surface area contributed by atoms with E-state index in [0.717, 1.165) is 17.0 Å². The van der Waals surface area contributed by atoms with Crippen LogP contribution in [0.2, 0.25) is 5.02 Å². The maximum atomic E-state index is 13.0. The van der Waals surface area contributed by atoms with Gasteiger partial charge in [-0.2, -0.15) is 0 Å². The first kappa shape index (κ1) is 17.9. The van der Waals surface area contributed by atoms with Gasteiger partial charge in [-0.3, -0.25) is 4.79 Å². The minimum atomic E-state index is -0.383. The number of amides is 1. The number of nitrogens with one attached hydrogen (secondary N) is 2. The van der Waals surface area contributed by atoms with Gasteiger partial charge in [0, 0.05) is 11.6 Å². The predicted molar refractivity (Wildman–Crippen MR) is 106 cm³/mol. The number of rotatable bonds is 4. The highest BCUT2D eigenvalue weighted by Gasteiger charge is 2.37. The lowest BCUT2D eigenvalue weighted by Crippen LogP contribution is -2.44. The maximum Gasteiger partial charge on any atom is 0.236 e. The van der Waals surface area contributed by atoms with Gasteiger partial charge in [-0.25, -0.2) is 4.68 Å². The fourth-order valence-electron chi connectivity index (χ4n) is 2.97. The van der Waals surface area contributed by atoms with E-state index in [4.69, 9.17) is 11.6 Å². The van der Waals surface area contributed by atoms with Gasteiger partial charge in [-0.1, -0.05) is 65.8 Å². The van der Waals surface area contributed by atoms with Gasteiger partial charge in [0.15, 0.2) is 0 Å². The molecule has 2 atom stereocenters. The minimum absolute atomic E-state index is 0.0526. The third kappa shape index (κ3) is 3.79. The number of carbonyl (C=O) groups excluding carboxylic acids is 1. The molecule has 138 valence electrons. The van der Waals surface area contributed by atoms with E-state index < -0.39 is 0 Å². The van der Waals surface area contributed by atoms with E-state index in [1.165, 1.54) is 11.8 Å². The van der Waals surface area contributed by atoms with Gasteiger partial charge in [0.25, 0.3) is 0 Å². The number of thioether (sulfide) groups is 1. The van der Waals surface area contributed by atoms with Gasteiger partial charge < -0.3 is 10.7 Å². The van der Waals surface area contributed by atoms with Crippen molar-refractivity contribution >= 4 is 29.3 Å². The fourth-order valence-corrected chi connectivity index (χ4v) is 4.24. The molecule has 8 heteroatoms. The molecule has 0 fully saturated rings. The lowest BCUT2D eigenvalue weighted by molar-refractivity contribution is -0.121. The van der Waals surface area contributed by atoms with Crippen LogP contribution in [0.4, 0.5) is 0 Å². The Morgan fingerprint density at radius 3 is 2.67 bits per heavy atom. The highest BCUT2D eigenvalue weighted by atomic mass is 35.5. The Balaban J connectivity index is 1.59. The van der Waals surface area contributed by atoms with Crippen molar-refractivity contribution in [2.24, 2.45) is 0 Å². The van der Waals surface area contributed by atoms with Crippen LogP contribution < -0.4 is 10.7 Å². The third-order valence-electron chi connectivity index (χ3n) is 4.40. The lowest BCUT2D eigenvalue weighted by atomic mass is 10.0. The van der Waals surface area contributed by atoms with E-state index >= 15 is 0 Å². The summed E-state index contributed by atoms with van der Waals surface area (Å²) in [5, 5.41) is 12.3. The Bertz CT molecular complexity index is 944. The molecule has 0 unspecified atom stereocenters. The molecule has 0 aliphatic carbocycles. The SMILES string of the molecule is Cc1nnc2n1N[C@H](c1ccc(Cl)cc1)[C@@H](C(=O)NCc1ccccc1)S2. The molecule has 0 saturated heterocycles. The molecule has 27 heavy (non-hydrogen) atoms. The topological polar surface area (TPSA) is 71.8 Å². The Labute approximate surface area is 166 Å². The second-order valence-electron chi connectivity index (χ2n) is 6.27. The van der Waals surface area contributed by atoms with Crippen molar-refractivity contribution < 1.29 is 4.79 Å². The molecule has 4 rings (SSSR count). The van der Waals surface area contributed by atoms with Gasteiger partial charge >= 0.3 is 0 Å². The normalized spacial score (nSPS) is 18.4. The summed E-state index contributed by atoms with van der Waals surface area (Å²) in [6.07, 6.45) is 0. The zero-order valence-electron chi connectivity index (χ0n) is 14.6. The van der Waals surface area contributed by atoms with E-state index in [9.17, 15) is 4.79 Å². The van der Waals surface area contributed by atoms with Crippen LogP contribution in [0.15, 0.2) is 59.8 Å². The zero-order chi connectivity index (χ0) is 18.8. The molecule has 1 aliphatic rings. The number of aromatic nitrogens is 3. The largest absolute Gasteiger partial charge is 0.351 e. The molecule has 1 amide bonds. The molecule has 1 aromatic heterocycles. The second kappa shape index (κ2) is 7.62. The average molecular weight is 400 g/mol. The van der Waals surface area contributed by atoms with Crippen molar-refractivity contribution in [2.75, 3.05) is 5.43 Å². The monoisotopic (exact) mass is 399 g/mol. The molecular formula is C19H18ClN5OS. The maximum absolute atomic E-state index is 13.0. The van der Waals surface area contributed by atoms with Crippen molar-refractivity contribution in [3.63, 3.8) is 0 Å². The van der Waals surface area contributed by atoms with Gasteiger partial charge in [-0.15, -0.1) is 10.2 Å². The highest BCUT2D eigenvalue weighted by Crippen LogP contribution is 2.37. The van der Waals surface area contributed by atoms with Crippen LogP contribution in [0.25, 0.3) is 0 Å². The minimum Gasteiger partial charge on any atom is -0.351 e. The summed E-state index contributed by atoms with van der Waals surface area (Å²) in [6, 6.07) is 17.1. The van der Waals surface area contributed by atoms with Gasteiger partial charge in [0.1, 0.15) is 11.1 Å². The smallest absolute Gasteiger partial charge is 0.236 e. The number of halogens is 1. The van der Waals surface area contributed by atoms with Crippen LogP contribution in [-0.2, 0) is 11.3 Å². The van der Waals surface area contributed by atoms with E-state index in [-0.39, 0.29) is 17.2 Å². The van der Waals surface area contributed by atoms with Crippen LogP contribution in [-0.4, -0.2) is 26.0 Å². The molecule has 2 N–H and O–H groups in total. The molecule has 0 bridgehead atoms. The van der Waals surface area contributed by atoms with Gasteiger partial charge in [-0.05, 0) is 30.2 Å². The van der Waals surface area contributed by atoms with Crippen LogP contribution in [0, 0.1) is 6.92 Å². The number of fused-ring (bicyclic) bond motifs is 1. The van der Waals surface area contributed by atoms with Gasteiger partial charge in [0.2, 0.25) is 11.1 Å². The number of aryl methyl sites for hydroxylation is 1. The summed E-state index contributed by atoms with van der Waals surface area (Å²) in [5.74, 6) is 0.697. The Morgan fingerprint density at radius 2 is 1.93 bits per heavy atom. The number of benzene rings is 2. The summed E-state index contributed by atoms with van der Waals surface area (Å²) in [6.45, 7) is 2.36. The van der Waals surface area contributed by atoms with Crippen LogP contribution in [0.1, 0.15) is 23.0 Å². The molecule has 2 heterocycles. The van der Waals surface area contributed by atoms with Crippen LogP contribution in [0.3, 0.4) is 0 Å². The predicted octanol–water partition coefficient (Wildman–Crippen LogP) is 3.32. The van der Waals surface area contributed by atoms with Crippen molar-refractivity contribution in [3.05, 3.63) is 76.6 Å². The van der Waals surface area contributed by atoms with E-state index in [2.05, 4.69) is 20.9 Å². The van der Waals surface area contributed by atoms with E-state index in [0.29, 0.717) is 16.7 Å². The molecule has 3 aromatic rings. The highest BCUT2D eigenvalue weighted by molar-refractivity contribution is 8.00.